The molecular weight excluding hydrogens is 508 g/mol. The highest BCUT2D eigenvalue weighted by atomic mass is 19.3. The number of aliphatic hydroxyl groups is 1. The maximum Gasteiger partial charge on any atom is 0.327 e. The first-order valence-corrected chi connectivity index (χ1v) is 14.2. The molecular formula is C29H47F2N3O5. The molecule has 1 aromatic carbocycles. The maximum absolute atomic E-state index is 14.6. The molecule has 1 saturated carbocycles. The van der Waals surface area contributed by atoms with Gasteiger partial charge in [-0.2, -0.15) is 8.78 Å². The van der Waals surface area contributed by atoms with Crippen LogP contribution in [-0.2, 0) is 9.53 Å². The fourth-order valence-corrected chi connectivity index (χ4v) is 4.84. The van der Waals surface area contributed by atoms with E-state index < -0.39 is 29.9 Å². The van der Waals surface area contributed by atoms with Crippen LogP contribution < -0.4 is 21.1 Å². The molecule has 0 aliphatic heterocycles. The minimum absolute atomic E-state index is 0.0832. The summed E-state index contributed by atoms with van der Waals surface area (Å²) in [4.78, 5) is 25.1. The number of nitrogens with two attached hydrogens (primary N) is 1. The van der Waals surface area contributed by atoms with Gasteiger partial charge in [0.2, 0.25) is 0 Å². The van der Waals surface area contributed by atoms with E-state index in [0.717, 1.165) is 19.3 Å². The molecule has 0 aromatic heterocycles. The number of halogens is 2. The first-order valence-electron chi connectivity index (χ1n) is 14.2. The first kappa shape index (κ1) is 32.9. The number of ether oxygens (including phenoxy) is 2. The predicted octanol–water partition coefficient (Wildman–Crippen LogP) is 3.90. The number of amides is 2. The molecule has 1 fully saturated rings. The van der Waals surface area contributed by atoms with Crippen molar-refractivity contribution < 1.29 is 33.0 Å². The van der Waals surface area contributed by atoms with Crippen LogP contribution in [0.5, 0.6) is 5.75 Å². The number of hydrogen-bond donors (Lipinski definition) is 4. The summed E-state index contributed by atoms with van der Waals surface area (Å²) in [7, 11) is 1.65. The van der Waals surface area contributed by atoms with Gasteiger partial charge in [-0.3, -0.25) is 9.59 Å². The lowest BCUT2D eigenvalue weighted by atomic mass is 9.84. The van der Waals surface area contributed by atoms with Gasteiger partial charge in [0.05, 0.1) is 18.3 Å². The van der Waals surface area contributed by atoms with Crippen molar-refractivity contribution in [2.75, 3.05) is 33.4 Å². The van der Waals surface area contributed by atoms with E-state index in [1.165, 1.54) is 0 Å². The molecule has 222 valence electrons. The van der Waals surface area contributed by atoms with Crippen LogP contribution in [0.2, 0.25) is 0 Å². The Morgan fingerprint density at radius 1 is 1.08 bits per heavy atom. The van der Waals surface area contributed by atoms with Crippen LogP contribution in [0, 0.1) is 17.8 Å². The first-order chi connectivity index (χ1) is 18.6. The van der Waals surface area contributed by atoms with Crippen LogP contribution in [0.3, 0.4) is 0 Å². The molecule has 0 radical (unpaired) electrons. The number of hydrogen-bond acceptors (Lipinski definition) is 6. The zero-order valence-corrected chi connectivity index (χ0v) is 23.6. The maximum atomic E-state index is 14.6. The quantitative estimate of drug-likeness (QED) is 0.216. The predicted molar refractivity (Wildman–Crippen MR) is 147 cm³/mol. The molecule has 3 unspecified atom stereocenters. The third-order valence-electron chi connectivity index (χ3n) is 7.56. The van der Waals surface area contributed by atoms with Crippen molar-refractivity contribution in [3.05, 3.63) is 29.8 Å². The van der Waals surface area contributed by atoms with E-state index in [4.69, 9.17) is 15.2 Å². The number of unbranched alkanes of at least 4 members (excludes halogenated alkanes) is 1. The SMILES string of the molecule is COCCCCOc1ccccc1C(=O)NCC(CC(N)C(O)CNC(=O)C(F)(F)C1CCCCC1)C(C)C. The Kier molecular flexibility index (Phi) is 14.1. The topological polar surface area (TPSA) is 123 Å². The second-order valence-corrected chi connectivity index (χ2v) is 10.9. The van der Waals surface area contributed by atoms with E-state index in [2.05, 4.69) is 10.6 Å². The summed E-state index contributed by atoms with van der Waals surface area (Å²) in [6.07, 6.45) is 3.77. The summed E-state index contributed by atoms with van der Waals surface area (Å²) in [5.74, 6) is -5.51. The van der Waals surface area contributed by atoms with Crippen LogP contribution >= 0.6 is 0 Å². The molecule has 2 amide bonds. The fraction of sp³-hybridized carbons (Fsp3) is 0.724. The van der Waals surface area contributed by atoms with Crippen molar-refractivity contribution in [2.24, 2.45) is 23.5 Å². The van der Waals surface area contributed by atoms with Crippen molar-refractivity contribution in [1.29, 1.82) is 0 Å². The Balaban J connectivity index is 1.85. The molecule has 10 heteroatoms. The smallest absolute Gasteiger partial charge is 0.327 e. The van der Waals surface area contributed by atoms with Crippen LogP contribution in [0.4, 0.5) is 8.78 Å². The van der Waals surface area contributed by atoms with Gasteiger partial charge >= 0.3 is 5.92 Å². The van der Waals surface area contributed by atoms with Gasteiger partial charge in [-0.05, 0) is 56.1 Å². The standard InChI is InChI=1S/C29H47F2N3O5/c1-20(2)21(18-33-27(36)23-13-7-8-14-26(23)39-16-10-9-15-38-3)17-24(32)25(35)19-34-28(37)29(30,31)22-11-5-4-6-12-22/h7-8,13-14,20-22,24-25,35H,4-6,9-12,15-19,32H2,1-3H3,(H,33,36)(H,34,37). The van der Waals surface area contributed by atoms with Gasteiger partial charge in [0.25, 0.3) is 11.8 Å². The largest absolute Gasteiger partial charge is 0.493 e. The summed E-state index contributed by atoms with van der Waals surface area (Å²) < 4.78 is 40.0. The van der Waals surface area contributed by atoms with Crippen LogP contribution in [0.15, 0.2) is 24.3 Å². The molecule has 3 atom stereocenters. The highest BCUT2D eigenvalue weighted by Gasteiger charge is 2.47. The Hall–Kier alpha value is -2.30. The van der Waals surface area contributed by atoms with Gasteiger partial charge in [0.15, 0.2) is 0 Å². The van der Waals surface area contributed by atoms with Crippen molar-refractivity contribution in [1.82, 2.24) is 10.6 Å². The third-order valence-corrected chi connectivity index (χ3v) is 7.56. The molecule has 8 nitrogen and oxygen atoms in total. The molecule has 0 heterocycles. The summed E-state index contributed by atoms with van der Waals surface area (Å²) in [6, 6.07) is 6.27. The lowest BCUT2D eigenvalue weighted by Crippen LogP contribution is -2.51. The zero-order chi connectivity index (χ0) is 28.8. The van der Waals surface area contributed by atoms with E-state index in [9.17, 15) is 23.5 Å². The van der Waals surface area contributed by atoms with Gasteiger partial charge < -0.3 is 30.9 Å². The molecule has 0 spiro atoms. The lowest BCUT2D eigenvalue weighted by Gasteiger charge is -2.30. The summed E-state index contributed by atoms with van der Waals surface area (Å²) in [5.41, 5.74) is 6.62. The van der Waals surface area contributed by atoms with Gasteiger partial charge in [-0.1, -0.05) is 45.2 Å². The fourth-order valence-electron chi connectivity index (χ4n) is 4.84. The number of benzene rings is 1. The van der Waals surface area contributed by atoms with Gasteiger partial charge in [0.1, 0.15) is 5.75 Å². The van der Waals surface area contributed by atoms with Gasteiger partial charge in [-0.25, -0.2) is 0 Å². The zero-order valence-electron chi connectivity index (χ0n) is 23.6. The van der Waals surface area contributed by atoms with E-state index in [-0.39, 0.29) is 24.3 Å². The van der Waals surface area contributed by atoms with Crippen LogP contribution in [0.1, 0.15) is 75.6 Å². The average Bonchev–Trinajstić information content (AvgIpc) is 2.93. The monoisotopic (exact) mass is 555 g/mol. The van der Waals surface area contributed by atoms with Crippen molar-refractivity contribution in [3.63, 3.8) is 0 Å². The second kappa shape index (κ2) is 16.7. The highest BCUT2D eigenvalue weighted by Crippen LogP contribution is 2.36. The van der Waals surface area contributed by atoms with E-state index >= 15 is 0 Å². The Bertz CT molecular complexity index is 880. The van der Waals surface area contributed by atoms with Crippen molar-refractivity contribution in [3.8, 4) is 5.75 Å². The molecule has 1 aliphatic rings. The molecule has 1 aromatic rings. The average molecular weight is 556 g/mol. The lowest BCUT2D eigenvalue weighted by molar-refractivity contribution is -0.156. The second-order valence-electron chi connectivity index (χ2n) is 10.9. The number of nitrogens with one attached hydrogen (secondary N) is 2. The Morgan fingerprint density at radius 2 is 1.74 bits per heavy atom. The van der Waals surface area contributed by atoms with Crippen molar-refractivity contribution in [2.45, 2.75) is 83.3 Å². The minimum Gasteiger partial charge on any atom is -0.493 e. The highest BCUT2D eigenvalue weighted by molar-refractivity contribution is 5.96. The van der Waals surface area contributed by atoms with Gasteiger partial charge in [0, 0.05) is 38.8 Å². The molecule has 2 rings (SSSR count). The number of methoxy groups -OCH3 is 1. The Morgan fingerprint density at radius 3 is 2.41 bits per heavy atom. The normalized spacial score (nSPS) is 16.9. The van der Waals surface area contributed by atoms with Crippen molar-refractivity contribution >= 4 is 11.8 Å². The third kappa shape index (κ3) is 10.7. The summed E-state index contributed by atoms with van der Waals surface area (Å²) in [6.45, 7) is 5.05. The number of rotatable bonds is 17. The Labute approximate surface area is 231 Å². The summed E-state index contributed by atoms with van der Waals surface area (Å²) in [5, 5.41) is 15.6. The molecule has 0 saturated heterocycles. The molecule has 5 N–H and O–H groups in total. The van der Waals surface area contributed by atoms with E-state index in [0.29, 0.717) is 63.2 Å². The number of para-hydroxylation sites is 1. The number of alkyl halides is 2. The molecule has 39 heavy (non-hydrogen) atoms. The van der Waals surface area contributed by atoms with E-state index in [1.54, 1.807) is 25.3 Å². The molecule has 0 bridgehead atoms. The van der Waals surface area contributed by atoms with E-state index in [1.807, 2.05) is 19.9 Å². The summed E-state index contributed by atoms with van der Waals surface area (Å²) >= 11 is 0. The number of aliphatic hydroxyl groups excluding tert-OH is 1. The van der Waals surface area contributed by atoms with Crippen LogP contribution in [-0.4, -0.2) is 68.4 Å². The minimum atomic E-state index is -3.46. The molecule has 1 aliphatic carbocycles. The number of carbonyl (C=O) groups is 2. The van der Waals surface area contributed by atoms with Gasteiger partial charge in [-0.15, -0.1) is 0 Å². The number of carbonyl (C=O) groups excluding carboxylic acids is 2. The van der Waals surface area contributed by atoms with Crippen LogP contribution in [0.25, 0.3) is 0 Å².